The first-order valence-electron chi connectivity index (χ1n) is 7.09. The van der Waals surface area contributed by atoms with Crippen LogP contribution in [0.5, 0.6) is 0 Å². The number of carbonyl (C=O) groups is 1. The van der Waals surface area contributed by atoms with Gasteiger partial charge in [-0.05, 0) is 44.9 Å². The van der Waals surface area contributed by atoms with Crippen LogP contribution < -0.4 is 10.6 Å². The molecule has 2 atom stereocenters. The maximum Gasteiger partial charge on any atom is 0.240 e. The van der Waals surface area contributed by atoms with Gasteiger partial charge in [0.15, 0.2) is 0 Å². The molecule has 4 nitrogen and oxygen atoms in total. The highest BCUT2D eigenvalue weighted by Crippen LogP contribution is 2.30. The van der Waals surface area contributed by atoms with Gasteiger partial charge >= 0.3 is 0 Å². The summed E-state index contributed by atoms with van der Waals surface area (Å²) in [6.07, 6.45) is 1.97. The van der Waals surface area contributed by atoms with Gasteiger partial charge in [-0.15, -0.1) is 0 Å². The topological polar surface area (TPSA) is 61.4 Å². The molecule has 0 radical (unpaired) electrons. The highest BCUT2D eigenvalue weighted by molar-refractivity contribution is 6.36. The maximum absolute atomic E-state index is 12.3. The molecular formula is C15H20Cl2N2O2. The van der Waals surface area contributed by atoms with E-state index in [-0.39, 0.29) is 12.5 Å². The predicted octanol–water partition coefficient (Wildman–Crippen LogP) is 2.68. The van der Waals surface area contributed by atoms with Crippen LogP contribution in [-0.2, 0) is 4.79 Å². The lowest BCUT2D eigenvalue weighted by atomic mass is 9.90. The molecule has 1 aromatic rings. The van der Waals surface area contributed by atoms with Gasteiger partial charge in [-0.3, -0.25) is 4.79 Å². The summed E-state index contributed by atoms with van der Waals surface area (Å²) in [5, 5.41) is 17.0. The van der Waals surface area contributed by atoms with Crippen molar-refractivity contribution in [3.8, 4) is 0 Å². The molecule has 1 aliphatic rings. The van der Waals surface area contributed by atoms with Crippen LogP contribution in [0, 0.1) is 0 Å². The zero-order valence-corrected chi connectivity index (χ0v) is 13.5. The third kappa shape index (κ3) is 3.89. The van der Waals surface area contributed by atoms with E-state index in [9.17, 15) is 9.90 Å². The number of hydrogen-bond donors (Lipinski definition) is 3. The Bertz CT molecular complexity index is 496. The smallest absolute Gasteiger partial charge is 0.240 e. The Morgan fingerprint density at radius 2 is 2.10 bits per heavy atom. The lowest BCUT2D eigenvalue weighted by Gasteiger charge is -2.33. The van der Waals surface area contributed by atoms with Crippen molar-refractivity contribution in [1.29, 1.82) is 0 Å². The standard InChI is InChI=1S/C15H20Cl2N2O2/c1-15(7-2-3-8-19-15)14(21)18-9-12(20)13-10(16)5-4-6-11(13)17/h4-6,12,19-20H,2-3,7-9H2,1H3,(H,18,21). The van der Waals surface area contributed by atoms with Crippen molar-refractivity contribution < 1.29 is 9.90 Å². The summed E-state index contributed by atoms with van der Waals surface area (Å²) in [6, 6.07) is 5.04. The van der Waals surface area contributed by atoms with Crippen LogP contribution in [0.2, 0.25) is 10.0 Å². The number of hydrogen-bond acceptors (Lipinski definition) is 3. The molecule has 2 rings (SSSR count). The van der Waals surface area contributed by atoms with Crippen molar-refractivity contribution in [3.05, 3.63) is 33.8 Å². The lowest BCUT2D eigenvalue weighted by Crippen LogP contribution is -2.57. The number of benzene rings is 1. The van der Waals surface area contributed by atoms with Crippen LogP contribution in [0.25, 0.3) is 0 Å². The summed E-state index contributed by atoms with van der Waals surface area (Å²) in [6.45, 7) is 2.80. The molecular weight excluding hydrogens is 311 g/mol. The second-order valence-corrected chi connectivity index (χ2v) is 6.39. The second kappa shape index (κ2) is 6.97. The summed E-state index contributed by atoms with van der Waals surface area (Å²) >= 11 is 12.1. The first-order valence-corrected chi connectivity index (χ1v) is 7.85. The SMILES string of the molecule is CC1(C(=O)NCC(O)c2c(Cl)cccc2Cl)CCCCN1. The summed E-state index contributed by atoms with van der Waals surface area (Å²) in [5.41, 5.74) is -0.120. The Morgan fingerprint density at radius 1 is 1.43 bits per heavy atom. The van der Waals surface area contributed by atoms with Crippen molar-refractivity contribution >= 4 is 29.1 Å². The summed E-state index contributed by atoms with van der Waals surface area (Å²) in [5.74, 6) is -0.107. The third-order valence-corrected chi connectivity index (χ3v) is 4.57. The predicted molar refractivity (Wildman–Crippen MR) is 84.7 cm³/mol. The average molecular weight is 331 g/mol. The molecule has 0 saturated carbocycles. The zero-order valence-electron chi connectivity index (χ0n) is 12.0. The maximum atomic E-state index is 12.3. The first kappa shape index (κ1) is 16.6. The highest BCUT2D eigenvalue weighted by atomic mass is 35.5. The van der Waals surface area contributed by atoms with Gasteiger partial charge in [0.25, 0.3) is 0 Å². The summed E-state index contributed by atoms with van der Waals surface area (Å²) < 4.78 is 0. The fraction of sp³-hybridized carbons (Fsp3) is 0.533. The van der Waals surface area contributed by atoms with Gasteiger partial charge in [-0.25, -0.2) is 0 Å². The van der Waals surface area contributed by atoms with Crippen LogP contribution >= 0.6 is 23.2 Å². The van der Waals surface area contributed by atoms with Crippen LogP contribution in [-0.4, -0.2) is 29.6 Å². The van der Waals surface area contributed by atoms with Gasteiger partial charge in [-0.1, -0.05) is 29.3 Å². The van der Waals surface area contributed by atoms with E-state index in [2.05, 4.69) is 10.6 Å². The summed E-state index contributed by atoms with van der Waals surface area (Å²) in [4.78, 5) is 12.3. The number of nitrogens with one attached hydrogen (secondary N) is 2. The molecule has 1 heterocycles. The van der Waals surface area contributed by atoms with E-state index < -0.39 is 11.6 Å². The molecule has 1 fully saturated rings. The van der Waals surface area contributed by atoms with Gasteiger partial charge in [0.05, 0.1) is 11.6 Å². The molecule has 0 spiro atoms. The molecule has 1 saturated heterocycles. The molecule has 1 aromatic carbocycles. The summed E-state index contributed by atoms with van der Waals surface area (Å²) in [7, 11) is 0. The molecule has 0 bridgehead atoms. The van der Waals surface area contributed by atoms with E-state index in [1.54, 1.807) is 18.2 Å². The molecule has 0 aliphatic carbocycles. The number of halogens is 2. The minimum Gasteiger partial charge on any atom is -0.386 e. The van der Waals surface area contributed by atoms with Gasteiger partial charge < -0.3 is 15.7 Å². The third-order valence-electron chi connectivity index (χ3n) is 3.91. The Labute approximate surface area is 134 Å². The monoisotopic (exact) mass is 330 g/mol. The number of piperidine rings is 1. The number of rotatable bonds is 4. The Kier molecular flexibility index (Phi) is 5.49. The number of carbonyl (C=O) groups excluding carboxylic acids is 1. The molecule has 1 aliphatic heterocycles. The molecule has 3 N–H and O–H groups in total. The highest BCUT2D eigenvalue weighted by Gasteiger charge is 2.34. The average Bonchev–Trinajstić information content (AvgIpc) is 2.45. The van der Waals surface area contributed by atoms with Crippen LogP contribution in [0.15, 0.2) is 18.2 Å². The number of aliphatic hydroxyl groups excluding tert-OH is 1. The van der Waals surface area contributed by atoms with E-state index in [1.165, 1.54) is 0 Å². The van der Waals surface area contributed by atoms with Crippen molar-refractivity contribution in [2.24, 2.45) is 0 Å². The molecule has 6 heteroatoms. The van der Waals surface area contributed by atoms with E-state index in [4.69, 9.17) is 23.2 Å². The zero-order chi connectivity index (χ0) is 15.5. The fourth-order valence-corrected chi connectivity index (χ4v) is 3.21. The number of amides is 1. The molecule has 1 amide bonds. The van der Waals surface area contributed by atoms with Crippen molar-refractivity contribution in [1.82, 2.24) is 10.6 Å². The van der Waals surface area contributed by atoms with Crippen LogP contribution in [0.4, 0.5) is 0 Å². The second-order valence-electron chi connectivity index (χ2n) is 5.58. The van der Waals surface area contributed by atoms with Crippen LogP contribution in [0.3, 0.4) is 0 Å². The van der Waals surface area contributed by atoms with E-state index in [0.29, 0.717) is 15.6 Å². The molecule has 21 heavy (non-hydrogen) atoms. The van der Waals surface area contributed by atoms with Gasteiger partial charge in [0.1, 0.15) is 0 Å². The van der Waals surface area contributed by atoms with E-state index >= 15 is 0 Å². The van der Waals surface area contributed by atoms with Crippen LogP contribution in [0.1, 0.15) is 37.9 Å². The molecule has 116 valence electrons. The van der Waals surface area contributed by atoms with Gasteiger partial charge in [-0.2, -0.15) is 0 Å². The Hall–Kier alpha value is -0.810. The minimum atomic E-state index is -0.928. The molecule has 2 unspecified atom stereocenters. The van der Waals surface area contributed by atoms with Crippen molar-refractivity contribution in [2.45, 2.75) is 37.8 Å². The first-order chi connectivity index (χ1) is 9.94. The van der Waals surface area contributed by atoms with Crippen molar-refractivity contribution in [3.63, 3.8) is 0 Å². The van der Waals surface area contributed by atoms with E-state index in [1.807, 2.05) is 6.92 Å². The fourth-order valence-electron chi connectivity index (χ4n) is 2.57. The number of aliphatic hydroxyl groups is 1. The quantitative estimate of drug-likeness (QED) is 0.795. The largest absolute Gasteiger partial charge is 0.386 e. The lowest BCUT2D eigenvalue weighted by molar-refractivity contribution is -0.128. The minimum absolute atomic E-state index is 0.0829. The van der Waals surface area contributed by atoms with E-state index in [0.717, 1.165) is 25.8 Å². The normalized spacial score (nSPS) is 23.6. The van der Waals surface area contributed by atoms with Gasteiger partial charge in [0.2, 0.25) is 5.91 Å². The molecule has 0 aromatic heterocycles. The van der Waals surface area contributed by atoms with Gasteiger partial charge in [0, 0.05) is 22.2 Å². The Morgan fingerprint density at radius 3 is 2.67 bits per heavy atom. The Balaban J connectivity index is 1.97. The van der Waals surface area contributed by atoms with Crippen molar-refractivity contribution in [2.75, 3.05) is 13.1 Å².